The molecule has 0 radical (unpaired) electrons. The average Bonchev–Trinajstić information content (AvgIpc) is 2.76. The molecule has 0 unspecified atom stereocenters. The van der Waals surface area contributed by atoms with Crippen molar-refractivity contribution in [2.45, 2.75) is 29.8 Å². The fourth-order valence-corrected chi connectivity index (χ4v) is 2.51. The Morgan fingerprint density at radius 1 is 1.35 bits per heavy atom. The zero-order chi connectivity index (χ0) is 14.8. The van der Waals surface area contributed by atoms with Crippen molar-refractivity contribution < 1.29 is 17.6 Å². The number of hydrogen-bond acceptors (Lipinski definition) is 4. The Hall–Kier alpha value is -1.47. The highest BCUT2D eigenvalue weighted by atomic mass is 32.2. The van der Waals surface area contributed by atoms with Gasteiger partial charge in [0, 0.05) is 11.4 Å². The van der Waals surface area contributed by atoms with Gasteiger partial charge in [0.1, 0.15) is 6.26 Å². The predicted molar refractivity (Wildman–Crippen MR) is 69.6 cm³/mol. The van der Waals surface area contributed by atoms with E-state index in [1.165, 1.54) is 12.3 Å². The molecule has 3 nitrogen and oxygen atoms in total. The number of nitrogens with one attached hydrogen (secondary N) is 1. The number of rotatable bonds is 4. The smallest absolute Gasteiger partial charge is 0.416 e. The summed E-state index contributed by atoms with van der Waals surface area (Å²) in [5, 5.41) is 3.06. The van der Waals surface area contributed by atoms with E-state index in [9.17, 15) is 13.2 Å². The van der Waals surface area contributed by atoms with Crippen LogP contribution in [0.4, 0.5) is 13.2 Å². The number of nitrogens with zero attached hydrogens (tertiary/aromatic N) is 1. The summed E-state index contributed by atoms with van der Waals surface area (Å²) in [6.45, 7) is 1.92. The summed E-state index contributed by atoms with van der Waals surface area (Å²) in [5.41, 5.74) is 0.267. The van der Waals surface area contributed by atoms with Gasteiger partial charge in [-0.25, -0.2) is 4.98 Å². The van der Waals surface area contributed by atoms with Crippen molar-refractivity contribution in [1.29, 1.82) is 0 Å². The maximum absolute atomic E-state index is 13.0. The Morgan fingerprint density at radius 2 is 2.10 bits per heavy atom. The molecule has 108 valence electrons. The van der Waals surface area contributed by atoms with E-state index in [1.54, 1.807) is 20.0 Å². The predicted octanol–water partition coefficient (Wildman–Crippen LogP) is 3.87. The largest absolute Gasteiger partial charge is 0.439 e. The van der Waals surface area contributed by atoms with Gasteiger partial charge in [0.05, 0.1) is 11.3 Å². The van der Waals surface area contributed by atoms with Gasteiger partial charge in [-0.2, -0.15) is 13.2 Å². The van der Waals surface area contributed by atoms with Crippen molar-refractivity contribution in [3.63, 3.8) is 0 Å². The van der Waals surface area contributed by atoms with Crippen molar-refractivity contribution in [2.24, 2.45) is 0 Å². The molecule has 0 saturated carbocycles. The van der Waals surface area contributed by atoms with Crippen molar-refractivity contribution in [3.05, 3.63) is 41.3 Å². The number of alkyl halides is 3. The molecule has 0 aliphatic carbocycles. The SMILES string of the molecule is CNCc1ccc(Sc2nc(C)co2)cc1C(F)(F)F. The van der Waals surface area contributed by atoms with Crippen LogP contribution in [0.1, 0.15) is 16.8 Å². The summed E-state index contributed by atoms with van der Waals surface area (Å²) in [6.07, 6.45) is -2.92. The molecule has 0 bridgehead atoms. The van der Waals surface area contributed by atoms with E-state index in [2.05, 4.69) is 10.3 Å². The highest BCUT2D eigenvalue weighted by Crippen LogP contribution is 2.36. The molecule has 0 saturated heterocycles. The third kappa shape index (κ3) is 3.55. The number of halogens is 3. The van der Waals surface area contributed by atoms with Gasteiger partial charge in [0.15, 0.2) is 0 Å². The van der Waals surface area contributed by atoms with Crippen molar-refractivity contribution in [2.75, 3.05) is 7.05 Å². The van der Waals surface area contributed by atoms with Crippen LogP contribution >= 0.6 is 11.8 Å². The monoisotopic (exact) mass is 302 g/mol. The fraction of sp³-hybridized carbons (Fsp3) is 0.308. The van der Waals surface area contributed by atoms with Crippen molar-refractivity contribution in [3.8, 4) is 0 Å². The van der Waals surface area contributed by atoms with Crippen LogP contribution in [-0.2, 0) is 12.7 Å². The molecule has 0 spiro atoms. The molecule has 2 aromatic rings. The molecule has 1 N–H and O–H groups in total. The summed E-state index contributed by atoms with van der Waals surface area (Å²) in [7, 11) is 1.61. The molecule has 0 aliphatic rings. The maximum atomic E-state index is 13.0. The lowest BCUT2D eigenvalue weighted by Gasteiger charge is -2.13. The molecule has 0 amide bonds. The molecular weight excluding hydrogens is 289 g/mol. The van der Waals surface area contributed by atoms with Gasteiger partial charge in [0.2, 0.25) is 0 Å². The van der Waals surface area contributed by atoms with Crippen LogP contribution in [0.2, 0.25) is 0 Å². The summed E-state index contributed by atoms with van der Waals surface area (Å²) >= 11 is 1.07. The van der Waals surface area contributed by atoms with Crippen LogP contribution < -0.4 is 5.32 Å². The Kier molecular flexibility index (Phi) is 4.39. The Balaban J connectivity index is 2.31. The summed E-state index contributed by atoms with van der Waals surface area (Å²) in [6, 6.07) is 4.22. The lowest BCUT2D eigenvalue weighted by Crippen LogP contribution is -2.14. The first-order valence-corrected chi connectivity index (χ1v) is 6.66. The number of oxazole rings is 1. The second-order valence-electron chi connectivity index (χ2n) is 4.20. The minimum atomic E-state index is -4.38. The number of aromatic nitrogens is 1. The molecular formula is C13H13F3N2OS. The van der Waals surface area contributed by atoms with E-state index in [0.29, 0.717) is 15.8 Å². The van der Waals surface area contributed by atoms with E-state index in [-0.39, 0.29) is 12.1 Å². The molecule has 0 atom stereocenters. The van der Waals surface area contributed by atoms with Crippen LogP contribution in [0, 0.1) is 6.92 Å². The quantitative estimate of drug-likeness (QED) is 0.930. The molecule has 2 rings (SSSR count). The van der Waals surface area contributed by atoms with Crippen molar-refractivity contribution in [1.82, 2.24) is 10.3 Å². The highest BCUT2D eigenvalue weighted by Gasteiger charge is 2.33. The van der Waals surface area contributed by atoms with Gasteiger partial charge in [-0.05, 0) is 43.4 Å². The van der Waals surface area contributed by atoms with Crippen LogP contribution in [0.5, 0.6) is 0 Å². The molecule has 0 fully saturated rings. The number of hydrogen-bond donors (Lipinski definition) is 1. The van der Waals surface area contributed by atoms with E-state index >= 15 is 0 Å². The van der Waals surface area contributed by atoms with Gasteiger partial charge in [0.25, 0.3) is 5.22 Å². The van der Waals surface area contributed by atoms with Gasteiger partial charge >= 0.3 is 6.18 Å². The van der Waals surface area contributed by atoms with Crippen molar-refractivity contribution >= 4 is 11.8 Å². The minimum Gasteiger partial charge on any atom is -0.439 e. The zero-order valence-corrected chi connectivity index (χ0v) is 11.7. The molecule has 1 aromatic carbocycles. The topological polar surface area (TPSA) is 38.1 Å². The minimum absolute atomic E-state index is 0.165. The standard InChI is InChI=1S/C13H13F3N2OS/c1-8-7-19-12(18-8)20-10-4-3-9(6-17-2)11(5-10)13(14,15)16/h3-5,7,17H,6H2,1-2H3. The zero-order valence-electron chi connectivity index (χ0n) is 10.9. The van der Waals surface area contributed by atoms with Crippen LogP contribution in [0.25, 0.3) is 0 Å². The molecule has 20 heavy (non-hydrogen) atoms. The summed E-state index contributed by atoms with van der Waals surface area (Å²) in [4.78, 5) is 4.50. The summed E-state index contributed by atoms with van der Waals surface area (Å²) in [5.74, 6) is 0. The third-order valence-corrected chi connectivity index (χ3v) is 3.41. The molecule has 7 heteroatoms. The lowest BCUT2D eigenvalue weighted by molar-refractivity contribution is -0.138. The lowest BCUT2D eigenvalue weighted by atomic mass is 10.1. The average molecular weight is 302 g/mol. The van der Waals surface area contributed by atoms with E-state index in [0.717, 1.165) is 17.8 Å². The van der Waals surface area contributed by atoms with E-state index in [4.69, 9.17) is 4.42 Å². The third-order valence-electron chi connectivity index (χ3n) is 2.56. The Labute approximate surface area is 118 Å². The Morgan fingerprint density at radius 3 is 2.65 bits per heavy atom. The summed E-state index contributed by atoms with van der Waals surface area (Å²) < 4.78 is 44.2. The first kappa shape index (κ1) is 14.9. The van der Waals surface area contributed by atoms with Crippen LogP contribution in [-0.4, -0.2) is 12.0 Å². The normalized spacial score (nSPS) is 11.8. The van der Waals surface area contributed by atoms with Gasteiger partial charge in [-0.15, -0.1) is 0 Å². The first-order chi connectivity index (χ1) is 9.40. The van der Waals surface area contributed by atoms with E-state index in [1.807, 2.05) is 0 Å². The molecule has 0 aliphatic heterocycles. The van der Waals surface area contributed by atoms with Gasteiger partial charge in [-0.3, -0.25) is 0 Å². The van der Waals surface area contributed by atoms with Gasteiger partial charge in [-0.1, -0.05) is 6.07 Å². The molecule has 1 heterocycles. The second-order valence-corrected chi connectivity index (χ2v) is 5.23. The van der Waals surface area contributed by atoms with E-state index < -0.39 is 11.7 Å². The van der Waals surface area contributed by atoms with Crippen LogP contribution in [0.15, 0.2) is 39.0 Å². The number of benzene rings is 1. The fourth-order valence-electron chi connectivity index (χ4n) is 1.71. The molecule has 1 aromatic heterocycles. The maximum Gasteiger partial charge on any atom is 0.416 e. The first-order valence-electron chi connectivity index (χ1n) is 5.85. The second kappa shape index (κ2) is 5.88. The number of aryl methyl sites for hydroxylation is 1. The highest BCUT2D eigenvalue weighted by molar-refractivity contribution is 7.99. The Bertz CT molecular complexity index is 596. The van der Waals surface area contributed by atoms with Gasteiger partial charge < -0.3 is 9.73 Å². The van der Waals surface area contributed by atoms with Crippen LogP contribution in [0.3, 0.4) is 0 Å².